The van der Waals surface area contributed by atoms with Crippen molar-refractivity contribution in [1.82, 2.24) is 15.3 Å². The zero-order valence-electron chi connectivity index (χ0n) is 13.6. The lowest BCUT2D eigenvalue weighted by molar-refractivity contribution is 0.0594. The summed E-state index contributed by atoms with van der Waals surface area (Å²) >= 11 is 0. The quantitative estimate of drug-likeness (QED) is 0.769. The summed E-state index contributed by atoms with van der Waals surface area (Å²) in [5.74, 6) is -0.672. The number of carbonyl (C=O) groups is 2. The maximum atomic E-state index is 11.6. The number of alkyl carbamates (subject to hydrolysis) is 1. The van der Waals surface area contributed by atoms with Crippen molar-refractivity contribution in [2.75, 3.05) is 19.4 Å². The third kappa shape index (κ3) is 5.61. The molecule has 130 valence electrons. The van der Waals surface area contributed by atoms with E-state index >= 15 is 0 Å². The van der Waals surface area contributed by atoms with Gasteiger partial charge in [0.2, 0.25) is 0 Å². The Kier molecular flexibility index (Phi) is 6.47. The van der Waals surface area contributed by atoms with Crippen LogP contribution in [0.25, 0.3) is 6.08 Å². The van der Waals surface area contributed by atoms with Crippen LogP contribution in [0, 0.1) is 0 Å². The lowest BCUT2D eigenvalue weighted by atomic mass is 10.2. The van der Waals surface area contributed by atoms with Gasteiger partial charge in [0, 0.05) is 6.54 Å². The summed E-state index contributed by atoms with van der Waals surface area (Å²) in [6.45, 7) is 0.426. The van der Waals surface area contributed by atoms with Gasteiger partial charge >= 0.3 is 12.1 Å². The fourth-order valence-electron chi connectivity index (χ4n) is 1.84. The van der Waals surface area contributed by atoms with E-state index in [0.717, 1.165) is 5.56 Å². The molecule has 0 bridgehead atoms. The first-order chi connectivity index (χ1) is 12.1. The summed E-state index contributed by atoms with van der Waals surface area (Å²) in [6, 6.07) is 9.36. The number of nitrogen functional groups attached to an aromatic ring is 1. The topological polar surface area (TPSA) is 116 Å². The molecule has 0 saturated carbocycles. The molecule has 1 heterocycles. The van der Waals surface area contributed by atoms with Crippen molar-refractivity contribution in [3.63, 3.8) is 0 Å². The van der Waals surface area contributed by atoms with Crippen molar-refractivity contribution in [1.29, 1.82) is 0 Å². The average molecular weight is 342 g/mol. The van der Waals surface area contributed by atoms with E-state index in [-0.39, 0.29) is 24.7 Å². The molecule has 1 aromatic carbocycles. The van der Waals surface area contributed by atoms with Gasteiger partial charge in [0.15, 0.2) is 11.5 Å². The molecule has 2 aromatic rings. The van der Waals surface area contributed by atoms with Crippen LogP contribution in [0.2, 0.25) is 0 Å². The maximum Gasteiger partial charge on any atom is 0.407 e. The Balaban J connectivity index is 1.81. The van der Waals surface area contributed by atoms with Crippen molar-refractivity contribution in [3.8, 4) is 0 Å². The second kappa shape index (κ2) is 9.02. The number of nitrogens with zero attached hydrogens (tertiary/aromatic N) is 2. The zero-order valence-corrected chi connectivity index (χ0v) is 13.6. The lowest BCUT2D eigenvalue weighted by Gasteiger charge is -2.05. The molecule has 0 spiro atoms. The molecule has 0 fully saturated rings. The molecule has 8 heteroatoms. The van der Waals surface area contributed by atoms with E-state index in [4.69, 9.17) is 10.5 Å². The molecule has 0 atom stereocenters. The Hall–Kier alpha value is -3.42. The van der Waals surface area contributed by atoms with Gasteiger partial charge in [0.05, 0.1) is 19.0 Å². The van der Waals surface area contributed by atoms with Crippen molar-refractivity contribution in [2.24, 2.45) is 0 Å². The highest BCUT2D eigenvalue weighted by Gasteiger charge is 2.13. The second-order valence-corrected chi connectivity index (χ2v) is 4.87. The van der Waals surface area contributed by atoms with Gasteiger partial charge in [-0.2, -0.15) is 0 Å². The highest BCUT2D eigenvalue weighted by molar-refractivity contribution is 5.91. The zero-order chi connectivity index (χ0) is 18.1. The first-order valence-electron chi connectivity index (χ1n) is 7.42. The summed E-state index contributed by atoms with van der Waals surface area (Å²) in [5.41, 5.74) is 6.83. The smallest absolute Gasteiger partial charge is 0.407 e. The van der Waals surface area contributed by atoms with E-state index in [0.29, 0.717) is 5.69 Å². The van der Waals surface area contributed by atoms with E-state index in [2.05, 4.69) is 20.0 Å². The number of benzene rings is 1. The number of amides is 1. The number of esters is 1. The summed E-state index contributed by atoms with van der Waals surface area (Å²) in [5, 5.41) is 2.57. The van der Waals surface area contributed by atoms with E-state index in [9.17, 15) is 9.59 Å². The van der Waals surface area contributed by atoms with Crippen LogP contribution in [0.15, 0.2) is 42.6 Å². The Morgan fingerprint density at radius 2 is 2.04 bits per heavy atom. The predicted octanol–water partition coefficient (Wildman–Crippen LogP) is 1.79. The van der Waals surface area contributed by atoms with Crippen molar-refractivity contribution in [2.45, 2.75) is 6.61 Å². The van der Waals surface area contributed by atoms with Crippen LogP contribution in [0.3, 0.4) is 0 Å². The number of rotatable bonds is 6. The summed E-state index contributed by atoms with van der Waals surface area (Å²) in [7, 11) is 1.23. The van der Waals surface area contributed by atoms with Crippen LogP contribution in [0.4, 0.5) is 10.6 Å². The van der Waals surface area contributed by atoms with Gasteiger partial charge < -0.3 is 20.5 Å². The van der Waals surface area contributed by atoms with Crippen LogP contribution in [-0.4, -0.2) is 35.7 Å². The summed E-state index contributed by atoms with van der Waals surface area (Å²) in [6.07, 6.45) is 4.11. The standard InChI is InChI=1S/C17H18N4O4/c1-24-16(22)14-15(18)20-10-13(21-14)8-5-9-19-17(23)25-11-12-6-3-2-4-7-12/h2-8,10H,9,11H2,1H3,(H2,18,20)(H,19,23). The molecule has 3 N–H and O–H groups in total. The highest BCUT2D eigenvalue weighted by atomic mass is 16.5. The van der Waals surface area contributed by atoms with Gasteiger partial charge in [-0.05, 0) is 11.6 Å². The molecular formula is C17H18N4O4. The number of carbonyl (C=O) groups excluding carboxylic acids is 2. The molecule has 2 rings (SSSR count). The Morgan fingerprint density at radius 3 is 2.76 bits per heavy atom. The average Bonchev–Trinajstić information content (AvgIpc) is 2.65. The summed E-state index contributed by atoms with van der Waals surface area (Å²) in [4.78, 5) is 31.0. The Bertz CT molecular complexity index is 762. The number of hydrogen-bond acceptors (Lipinski definition) is 7. The van der Waals surface area contributed by atoms with Crippen molar-refractivity contribution < 1.29 is 19.1 Å². The fourth-order valence-corrected chi connectivity index (χ4v) is 1.84. The maximum absolute atomic E-state index is 11.6. The minimum atomic E-state index is -0.664. The number of hydrogen-bond donors (Lipinski definition) is 2. The SMILES string of the molecule is COC(=O)c1nc(C=CCNC(=O)OCc2ccccc2)cnc1N. The van der Waals surface area contributed by atoms with E-state index in [1.165, 1.54) is 13.3 Å². The largest absolute Gasteiger partial charge is 0.464 e. The minimum Gasteiger partial charge on any atom is -0.464 e. The van der Waals surface area contributed by atoms with Crippen LogP contribution < -0.4 is 11.1 Å². The first kappa shape index (κ1) is 17.9. The Morgan fingerprint density at radius 1 is 1.28 bits per heavy atom. The molecule has 0 saturated heterocycles. The molecule has 1 aromatic heterocycles. The number of nitrogens with two attached hydrogens (primary N) is 1. The number of nitrogens with one attached hydrogen (secondary N) is 1. The number of anilines is 1. The van der Waals surface area contributed by atoms with Crippen LogP contribution in [0.1, 0.15) is 21.7 Å². The lowest BCUT2D eigenvalue weighted by Crippen LogP contribution is -2.24. The fraction of sp³-hybridized carbons (Fsp3) is 0.176. The Labute approximate surface area is 144 Å². The van der Waals surface area contributed by atoms with E-state index < -0.39 is 12.1 Å². The number of methoxy groups -OCH3 is 1. The molecule has 0 aliphatic heterocycles. The van der Waals surface area contributed by atoms with E-state index in [1.807, 2.05) is 30.3 Å². The molecule has 25 heavy (non-hydrogen) atoms. The number of ether oxygens (including phenoxy) is 2. The first-order valence-corrected chi connectivity index (χ1v) is 7.42. The van der Waals surface area contributed by atoms with Gasteiger partial charge in [0.25, 0.3) is 0 Å². The van der Waals surface area contributed by atoms with Crippen LogP contribution in [-0.2, 0) is 16.1 Å². The van der Waals surface area contributed by atoms with Crippen molar-refractivity contribution in [3.05, 3.63) is 59.6 Å². The van der Waals surface area contributed by atoms with Gasteiger partial charge in [-0.15, -0.1) is 0 Å². The molecule has 0 aliphatic carbocycles. The van der Waals surface area contributed by atoms with Crippen molar-refractivity contribution >= 4 is 24.0 Å². The predicted molar refractivity (Wildman–Crippen MR) is 91.4 cm³/mol. The third-order valence-corrected chi connectivity index (χ3v) is 3.06. The monoisotopic (exact) mass is 342 g/mol. The third-order valence-electron chi connectivity index (χ3n) is 3.06. The summed E-state index contributed by atoms with van der Waals surface area (Å²) < 4.78 is 9.65. The van der Waals surface area contributed by atoms with Gasteiger partial charge in [-0.3, -0.25) is 0 Å². The normalized spacial score (nSPS) is 10.4. The van der Waals surface area contributed by atoms with Crippen LogP contribution >= 0.6 is 0 Å². The molecule has 0 radical (unpaired) electrons. The van der Waals surface area contributed by atoms with E-state index in [1.54, 1.807) is 12.2 Å². The highest BCUT2D eigenvalue weighted by Crippen LogP contribution is 2.08. The molecule has 0 aliphatic rings. The minimum absolute atomic E-state index is 0.00776. The molecule has 8 nitrogen and oxygen atoms in total. The van der Waals surface area contributed by atoms with Gasteiger partial charge in [-0.1, -0.05) is 36.4 Å². The molecule has 0 unspecified atom stereocenters. The number of aromatic nitrogens is 2. The van der Waals surface area contributed by atoms with Crippen LogP contribution in [0.5, 0.6) is 0 Å². The second-order valence-electron chi connectivity index (χ2n) is 4.87. The van der Waals surface area contributed by atoms with Gasteiger partial charge in [0.1, 0.15) is 6.61 Å². The molecule has 1 amide bonds. The molecular weight excluding hydrogens is 324 g/mol. The van der Waals surface area contributed by atoms with Gasteiger partial charge in [-0.25, -0.2) is 19.6 Å².